The van der Waals surface area contributed by atoms with E-state index in [4.69, 9.17) is 9.47 Å². The van der Waals surface area contributed by atoms with Crippen molar-refractivity contribution in [2.45, 2.75) is 25.4 Å². The van der Waals surface area contributed by atoms with Crippen LogP contribution in [0.4, 0.5) is 0 Å². The van der Waals surface area contributed by atoms with Crippen molar-refractivity contribution in [1.29, 1.82) is 0 Å². The first-order valence-electron chi connectivity index (χ1n) is 8.53. The maximum absolute atomic E-state index is 12.5. The summed E-state index contributed by atoms with van der Waals surface area (Å²) in [7, 11) is 1.32. The molecule has 1 aliphatic heterocycles. The van der Waals surface area contributed by atoms with Crippen LogP contribution in [0.3, 0.4) is 0 Å². The zero-order valence-corrected chi connectivity index (χ0v) is 14.8. The van der Waals surface area contributed by atoms with Crippen LogP contribution in [-0.4, -0.2) is 35.7 Å². The molecule has 2 aromatic carbocycles. The summed E-state index contributed by atoms with van der Waals surface area (Å²) in [5.74, 6) is -0.0459. The van der Waals surface area contributed by atoms with Gasteiger partial charge in [0.15, 0.2) is 5.78 Å². The average Bonchev–Trinajstić information content (AvgIpc) is 2.65. The van der Waals surface area contributed by atoms with Gasteiger partial charge in [-0.3, -0.25) is 9.59 Å². The number of fused-ring (bicyclic) bond motifs is 1. The molecule has 1 aliphatic rings. The van der Waals surface area contributed by atoms with Gasteiger partial charge in [0.2, 0.25) is 0 Å². The predicted molar refractivity (Wildman–Crippen MR) is 95.3 cm³/mol. The normalized spacial score (nSPS) is 15.6. The summed E-state index contributed by atoms with van der Waals surface area (Å²) in [6.07, 6.45) is 0.260. The van der Waals surface area contributed by atoms with Crippen LogP contribution >= 0.6 is 0 Å². The van der Waals surface area contributed by atoms with Crippen LogP contribution < -0.4 is 9.47 Å². The molecule has 0 spiro atoms. The Bertz CT molecular complexity index is 842. The Hall–Kier alpha value is -3.22. The van der Waals surface area contributed by atoms with E-state index in [0.717, 1.165) is 5.56 Å². The van der Waals surface area contributed by atoms with E-state index in [1.807, 2.05) is 0 Å². The van der Waals surface area contributed by atoms with Gasteiger partial charge in [0.25, 0.3) is 0 Å². The summed E-state index contributed by atoms with van der Waals surface area (Å²) in [5.41, 5.74) is 0.877. The molecule has 2 N–H and O–H groups in total. The van der Waals surface area contributed by atoms with Crippen LogP contribution in [0.1, 0.15) is 41.3 Å². The number of Topliss-reactive ketones (excluding diaryl/α,β-unsaturated/α-hetero) is 1. The lowest BCUT2D eigenvalue weighted by Gasteiger charge is -2.26. The van der Waals surface area contributed by atoms with Gasteiger partial charge in [-0.25, -0.2) is 0 Å². The number of methoxy groups -OCH3 is 1. The van der Waals surface area contributed by atoms with Gasteiger partial charge in [-0.05, 0) is 24.1 Å². The first-order chi connectivity index (χ1) is 13.0. The fraction of sp³-hybridized carbons (Fsp3) is 0.300. The van der Waals surface area contributed by atoms with Crippen molar-refractivity contribution < 1.29 is 34.0 Å². The Balaban J connectivity index is 1.74. The van der Waals surface area contributed by atoms with Gasteiger partial charge in [-0.15, -0.1) is 0 Å². The maximum atomic E-state index is 12.5. The van der Waals surface area contributed by atoms with E-state index in [1.165, 1.54) is 25.3 Å². The molecule has 27 heavy (non-hydrogen) atoms. The number of hydrogen-bond donors (Lipinski definition) is 2. The molecule has 7 nitrogen and oxygen atoms in total. The largest absolute Gasteiger partial charge is 0.508 e. The molecule has 1 unspecified atom stereocenters. The molecule has 142 valence electrons. The van der Waals surface area contributed by atoms with Crippen molar-refractivity contribution in [3.8, 4) is 23.0 Å². The standard InChI is InChI=1S/C20H20O7/c1-25-19(24)3-2-8-26-14-9-15(22)20-16(23)11-17(27-18(20)10-14)12-4-6-13(21)7-5-12/h4-7,9-10,17,21-22H,2-3,8,11H2,1H3. The van der Waals surface area contributed by atoms with Crippen molar-refractivity contribution >= 4 is 11.8 Å². The third-order valence-corrected chi connectivity index (χ3v) is 4.26. The van der Waals surface area contributed by atoms with Crippen molar-refractivity contribution in [1.82, 2.24) is 0 Å². The molecule has 0 fully saturated rings. The quantitative estimate of drug-likeness (QED) is 0.593. The Morgan fingerprint density at radius 2 is 1.96 bits per heavy atom. The maximum Gasteiger partial charge on any atom is 0.305 e. The number of carbonyl (C=O) groups excluding carboxylic acids is 2. The highest BCUT2D eigenvalue weighted by Gasteiger charge is 2.31. The van der Waals surface area contributed by atoms with Gasteiger partial charge in [0.05, 0.1) is 20.1 Å². The molecule has 0 saturated heterocycles. The van der Waals surface area contributed by atoms with Gasteiger partial charge >= 0.3 is 5.97 Å². The minimum atomic E-state index is -0.514. The number of phenols is 2. The number of ketones is 1. The summed E-state index contributed by atoms with van der Waals surface area (Å²) < 4.78 is 16.0. The van der Waals surface area contributed by atoms with Crippen molar-refractivity contribution in [2.24, 2.45) is 0 Å². The molecule has 0 aromatic heterocycles. The Morgan fingerprint density at radius 3 is 2.67 bits per heavy atom. The Labute approximate surface area is 156 Å². The Kier molecular flexibility index (Phi) is 5.49. The number of phenolic OH excluding ortho intramolecular Hbond substituents is 2. The second-order valence-electron chi connectivity index (χ2n) is 6.17. The van der Waals surface area contributed by atoms with Gasteiger partial charge in [0, 0.05) is 18.6 Å². The highest BCUT2D eigenvalue weighted by atomic mass is 16.5. The van der Waals surface area contributed by atoms with Gasteiger partial charge in [-0.1, -0.05) is 12.1 Å². The Morgan fingerprint density at radius 1 is 1.22 bits per heavy atom. The molecule has 0 aliphatic carbocycles. The van der Waals surface area contributed by atoms with Crippen molar-refractivity contribution in [3.63, 3.8) is 0 Å². The molecule has 1 heterocycles. The summed E-state index contributed by atoms with van der Waals surface area (Å²) in [4.78, 5) is 23.6. The van der Waals surface area contributed by atoms with Gasteiger partial charge < -0.3 is 24.4 Å². The second kappa shape index (κ2) is 7.99. The lowest BCUT2D eigenvalue weighted by Crippen LogP contribution is -2.20. The molecular formula is C20H20O7. The minimum absolute atomic E-state index is 0.0880. The fourth-order valence-electron chi connectivity index (χ4n) is 2.88. The highest BCUT2D eigenvalue weighted by molar-refractivity contribution is 6.02. The third kappa shape index (κ3) is 4.31. The van der Waals surface area contributed by atoms with Crippen LogP contribution in [0.5, 0.6) is 23.0 Å². The predicted octanol–water partition coefficient (Wildman–Crippen LogP) is 3.14. The van der Waals surface area contributed by atoms with E-state index in [-0.39, 0.29) is 54.0 Å². The number of hydrogen-bond acceptors (Lipinski definition) is 7. The zero-order chi connectivity index (χ0) is 19.4. The summed E-state index contributed by atoms with van der Waals surface area (Å²) in [6.45, 7) is 0.253. The molecule has 7 heteroatoms. The summed E-state index contributed by atoms with van der Waals surface area (Å²) in [5, 5.41) is 19.6. The van der Waals surface area contributed by atoms with E-state index in [1.54, 1.807) is 18.2 Å². The van der Waals surface area contributed by atoms with E-state index in [0.29, 0.717) is 12.2 Å². The number of esters is 1. The lowest BCUT2D eigenvalue weighted by molar-refractivity contribution is -0.140. The summed E-state index contributed by atoms with van der Waals surface area (Å²) >= 11 is 0. The van der Waals surface area contributed by atoms with Crippen LogP contribution in [0.2, 0.25) is 0 Å². The highest BCUT2D eigenvalue weighted by Crippen LogP contribution is 2.42. The van der Waals surface area contributed by atoms with Crippen molar-refractivity contribution in [3.05, 3.63) is 47.5 Å². The van der Waals surface area contributed by atoms with Crippen LogP contribution in [0.25, 0.3) is 0 Å². The molecule has 0 amide bonds. The molecular weight excluding hydrogens is 352 g/mol. The van der Waals surface area contributed by atoms with E-state index in [9.17, 15) is 19.8 Å². The topological polar surface area (TPSA) is 102 Å². The number of carbonyl (C=O) groups is 2. The molecule has 0 bridgehead atoms. The summed E-state index contributed by atoms with van der Waals surface area (Å²) in [6, 6.07) is 9.33. The second-order valence-corrected chi connectivity index (χ2v) is 6.17. The molecule has 0 saturated carbocycles. The first kappa shape index (κ1) is 18.6. The van der Waals surface area contributed by atoms with Gasteiger partial charge in [-0.2, -0.15) is 0 Å². The SMILES string of the molecule is COC(=O)CCCOc1cc(O)c2c(c1)OC(c1ccc(O)cc1)CC2=O. The monoisotopic (exact) mass is 372 g/mol. The lowest BCUT2D eigenvalue weighted by atomic mass is 9.95. The molecule has 3 rings (SSSR count). The van der Waals surface area contributed by atoms with Crippen molar-refractivity contribution in [2.75, 3.05) is 13.7 Å². The fourth-order valence-corrected chi connectivity index (χ4v) is 2.88. The van der Waals surface area contributed by atoms with Crippen LogP contribution in [0, 0.1) is 0 Å². The van der Waals surface area contributed by atoms with Crippen LogP contribution in [-0.2, 0) is 9.53 Å². The number of benzene rings is 2. The van der Waals surface area contributed by atoms with E-state index < -0.39 is 6.10 Å². The molecule has 2 aromatic rings. The zero-order valence-electron chi connectivity index (χ0n) is 14.8. The van der Waals surface area contributed by atoms with E-state index >= 15 is 0 Å². The van der Waals surface area contributed by atoms with Crippen LogP contribution in [0.15, 0.2) is 36.4 Å². The first-order valence-corrected chi connectivity index (χ1v) is 8.53. The number of ether oxygens (including phenoxy) is 3. The average molecular weight is 372 g/mol. The minimum Gasteiger partial charge on any atom is -0.508 e. The third-order valence-electron chi connectivity index (χ3n) is 4.26. The number of rotatable bonds is 6. The van der Waals surface area contributed by atoms with E-state index in [2.05, 4.69) is 4.74 Å². The molecule has 1 atom stereocenters. The number of aromatic hydroxyl groups is 2. The smallest absolute Gasteiger partial charge is 0.305 e. The van der Waals surface area contributed by atoms with Gasteiger partial charge in [0.1, 0.15) is 34.7 Å². The molecule has 0 radical (unpaired) electrons.